The number of piperidine rings is 1. The normalized spacial score (nSPS) is 22.5. The molecule has 0 unspecified atom stereocenters. The van der Waals surface area contributed by atoms with Gasteiger partial charge in [-0.3, -0.25) is 0 Å². The Morgan fingerprint density at radius 1 is 1.07 bits per heavy atom. The summed E-state index contributed by atoms with van der Waals surface area (Å²) in [6, 6.07) is 11.7. The number of hydrogen-bond donors (Lipinski definition) is 0. The highest BCUT2D eigenvalue weighted by Gasteiger charge is 2.52. The number of hydrazone groups is 1. The first-order chi connectivity index (χ1) is 14.5. The van der Waals surface area contributed by atoms with E-state index in [1.807, 2.05) is 30.3 Å². The fourth-order valence-electron chi connectivity index (χ4n) is 4.89. The highest BCUT2D eigenvalue weighted by Crippen LogP contribution is 2.52. The second kappa shape index (κ2) is 7.90. The van der Waals surface area contributed by atoms with Gasteiger partial charge in [-0.05, 0) is 42.8 Å². The standard InChI is InChI=1S/C23H24Cl3N3O/c1-2-9-28-10-7-23(8-11-28)29-21(18-12-17(25)13-19(26)22(18)30-23)14-20(27-29)15-3-5-16(24)6-4-15/h3-6,12-13,21H,2,7-11,14H2,1H3/t21-/m1/s1. The van der Waals surface area contributed by atoms with Crippen molar-refractivity contribution in [1.29, 1.82) is 0 Å². The fraction of sp³-hybridized carbons (Fsp3) is 0.435. The van der Waals surface area contributed by atoms with E-state index >= 15 is 0 Å². The van der Waals surface area contributed by atoms with Crippen molar-refractivity contribution in [2.24, 2.45) is 5.10 Å². The Balaban J connectivity index is 1.55. The molecule has 7 heteroatoms. The zero-order valence-corrected chi connectivity index (χ0v) is 19.1. The molecule has 1 saturated heterocycles. The molecular formula is C23H24Cl3N3O. The van der Waals surface area contributed by atoms with Crippen molar-refractivity contribution in [2.45, 2.75) is 44.4 Å². The van der Waals surface area contributed by atoms with Gasteiger partial charge in [-0.2, -0.15) is 5.10 Å². The fourth-order valence-corrected chi connectivity index (χ4v) is 5.56. The number of fused-ring (bicyclic) bond motifs is 4. The predicted octanol–water partition coefficient (Wildman–Crippen LogP) is 6.39. The van der Waals surface area contributed by atoms with Crippen LogP contribution in [0.25, 0.3) is 0 Å². The number of likely N-dealkylation sites (tertiary alicyclic amines) is 1. The molecule has 1 fully saturated rings. The van der Waals surface area contributed by atoms with Crippen LogP contribution in [0.5, 0.6) is 5.75 Å². The van der Waals surface area contributed by atoms with Gasteiger partial charge in [0, 0.05) is 48.0 Å². The number of halogens is 3. The molecule has 1 spiro atoms. The lowest BCUT2D eigenvalue weighted by Gasteiger charge is -2.51. The van der Waals surface area contributed by atoms with Crippen LogP contribution in [-0.2, 0) is 0 Å². The van der Waals surface area contributed by atoms with Crippen LogP contribution in [0.2, 0.25) is 15.1 Å². The first kappa shape index (κ1) is 20.4. The molecule has 0 amide bonds. The minimum absolute atomic E-state index is 0.0633. The Morgan fingerprint density at radius 3 is 2.50 bits per heavy atom. The van der Waals surface area contributed by atoms with Gasteiger partial charge in [-0.25, -0.2) is 5.01 Å². The molecule has 0 radical (unpaired) electrons. The first-order valence-electron chi connectivity index (χ1n) is 10.5. The molecule has 5 rings (SSSR count). The molecule has 3 aliphatic rings. The average molecular weight is 465 g/mol. The van der Waals surface area contributed by atoms with E-state index in [9.17, 15) is 0 Å². The van der Waals surface area contributed by atoms with Crippen molar-refractivity contribution in [1.82, 2.24) is 9.91 Å². The van der Waals surface area contributed by atoms with Crippen LogP contribution >= 0.6 is 34.8 Å². The van der Waals surface area contributed by atoms with Crippen LogP contribution in [0.4, 0.5) is 0 Å². The Kier molecular flexibility index (Phi) is 5.39. The molecule has 3 aliphatic heterocycles. The Hall–Kier alpha value is -1.46. The largest absolute Gasteiger partial charge is 0.464 e. The Labute approximate surface area is 192 Å². The van der Waals surface area contributed by atoms with Crippen molar-refractivity contribution in [3.8, 4) is 5.75 Å². The van der Waals surface area contributed by atoms with Gasteiger partial charge in [0.05, 0.1) is 16.8 Å². The van der Waals surface area contributed by atoms with E-state index in [1.54, 1.807) is 6.07 Å². The van der Waals surface area contributed by atoms with Crippen molar-refractivity contribution >= 4 is 40.5 Å². The number of benzene rings is 2. The second-order valence-corrected chi connectivity index (χ2v) is 9.59. The summed E-state index contributed by atoms with van der Waals surface area (Å²) in [5, 5.41) is 9.20. The summed E-state index contributed by atoms with van der Waals surface area (Å²) in [5.74, 6) is 0.763. The average Bonchev–Trinajstić information content (AvgIpc) is 3.18. The first-order valence-corrected chi connectivity index (χ1v) is 11.7. The monoisotopic (exact) mass is 463 g/mol. The minimum Gasteiger partial charge on any atom is -0.464 e. The van der Waals surface area contributed by atoms with Gasteiger partial charge in [-0.1, -0.05) is 53.9 Å². The van der Waals surface area contributed by atoms with Crippen LogP contribution in [0.1, 0.15) is 49.8 Å². The highest BCUT2D eigenvalue weighted by atomic mass is 35.5. The molecule has 30 heavy (non-hydrogen) atoms. The zero-order valence-electron chi connectivity index (χ0n) is 16.9. The SMILES string of the molecule is CCCN1CCC2(CC1)Oc1c(Cl)cc(Cl)cc1[C@H]1CC(c3ccc(Cl)cc3)=NN12. The van der Waals surface area contributed by atoms with E-state index < -0.39 is 5.72 Å². The lowest BCUT2D eigenvalue weighted by Crippen LogP contribution is -2.59. The van der Waals surface area contributed by atoms with Gasteiger partial charge in [0.15, 0.2) is 0 Å². The third-order valence-electron chi connectivity index (χ3n) is 6.37. The zero-order chi connectivity index (χ0) is 20.9. The number of ether oxygens (including phenoxy) is 1. The molecule has 4 nitrogen and oxygen atoms in total. The number of rotatable bonds is 3. The van der Waals surface area contributed by atoms with Gasteiger partial charge in [-0.15, -0.1) is 0 Å². The number of hydrogen-bond acceptors (Lipinski definition) is 4. The third-order valence-corrected chi connectivity index (χ3v) is 7.12. The van der Waals surface area contributed by atoms with E-state index in [2.05, 4.69) is 16.8 Å². The number of nitrogens with zero attached hydrogens (tertiary/aromatic N) is 3. The van der Waals surface area contributed by atoms with Gasteiger partial charge in [0.2, 0.25) is 5.72 Å². The maximum Gasteiger partial charge on any atom is 0.200 e. The smallest absolute Gasteiger partial charge is 0.200 e. The lowest BCUT2D eigenvalue weighted by atomic mass is 9.90. The van der Waals surface area contributed by atoms with Crippen LogP contribution < -0.4 is 4.74 Å². The summed E-state index contributed by atoms with van der Waals surface area (Å²) in [6.45, 7) is 5.32. The molecule has 0 N–H and O–H groups in total. The van der Waals surface area contributed by atoms with Crippen molar-refractivity contribution in [2.75, 3.05) is 19.6 Å². The van der Waals surface area contributed by atoms with E-state index in [1.165, 1.54) is 0 Å². The van der Waals surface area contributed by atoms with Gasteiger partial charge >= 0.3 is 0 Å². The topological polar surface area (TPSA) is 28.1 Å². The molecule has 1 atom stereocenters. The molecule has 0 aliphatic carbocycles. The van der Waals surface area contributed by atoms with Crippen molar-refractivity contribution < 1.29 is 4.74 Å². The molecule has 3 heterocycles. The molecule has 0 bridgehead atoms. The maximum absolute atomic E-state index is 6.67. The summed E-state index contributed by atoms with van der Waals surface area (Å²) in [5.41, 5.74) is 2.66. The van der Waals surface area contributed by atoms with E-state index in [4.69, 9.17) is 44.6 Å². The summed E-state index contributed by atoms with van der Waals surface area (Å²) in [7, 11) is 0. The second-order valence-electron chi connectivity index (χ2n) is 8.31. The highest BCUT2D eigenvalue weighted by molar-refractivity contribution is 6.35. The molecule has 0 saturated carbocycles. The summed E-state index contributed by atoms with van der Waals surface area (Å²) >= 11 is 19.0. The van der Waals surface area contributed by atoms with Gasteiger partial charge in [0.1, 0.15) is 5.75 Å². The maximum atomic E-state index is 6.67. The quantitative estimate of drug-likeness (QED) is 0.526. The molecule has 158 valence electrons. The Morgan fingerprint density at radius 2 is 1.80 bits per heavy atom. The van der Waals surface area contributed by atoms with Crippen LogP contribution in [0, 0.1) is 0 Å². The summed E-state index contributed by atoms with van der Waals surface area (Å²) in [4.78, 5) is 2.50. The van der Waals surface area contributed by atoms with E-state index in [-0.39, 0.29) is 6.04 Å². The summed E-state index contributed by atoms with van der Waals surface area (Å²) in [6.07, 6.45) is 3.72. The third kappa shape index (κ3) is 3.48. The van der Waals surface area contributed by atoms with Crippen molar-refractivity contribution in [3.63, 3.8) is 0 Å². The van der Waals surface area contributed by atoms with Crippen LogP contribution in [0.15, 0.2) is 41.5 Å². The molecule has 0 aromatic heterocycles. The van der Waals surface area contributed by atoms with E-state index in [0.29, 0.717) is 10.0 Å². The lowest BCUT2D eigenvalue weighted by molar-refractivity contribution is -0.149. The molecule has 2 aromatic carbocycles. The molecule has 2 aromatic rings. The summed E-state index contributed by atoms with van der Waals surface area (Å²) < 4.78 is 6.67. The molecular weight excluding hydrogens is 441 g/mol. The van der Waals surface area contributed by atoms with Crippen molar-refractivity contribution in [3.05, 3.63) is 62.6 Å². The van der Waals surface area contributed by atoms with Gasteiger partial charge in [0.25, 0.3) is 0 Å². The van der Waals surface area contributed by atoms with Crippen LogP contribution in [-0.4, -0.2) is 41.0 Å². The Bertz CT molecular complexity index is 984. The minimum atomic E-state index is -0.479. The van der Waals surface area contributed by atoms with Crippen LogP contribution in [0.3, 0.4) is 0 Å². The van der Waals surface area contributed by atoms with E-state index in [0.717, 1.165) is 72.9 Å². The van der Waals surface area contributed by atoms with Gasteiger partial charge < -0.3 is 9.64 Å². The predicted molar refractivity (Wildman–Crippen MR) is 123 cm³/mol.